The summed E-state index contributed by atoms with van der Waals surface area (Å²) in [7, 11) is 0. The highest BCUT2D eigenvalue weighted by Crippen LogP contribution is 2.44. The van der Waals surface area contributed by atoms with E-state index in [-0.39, 0.29) is 49.3 Å². The van der Waals surface area contributed by atoms with Crippen LogP contribution in [-0.2, 0) is 14.3 Å². The lowest BCUT2D eigenvalue weighted by molar-refractivity contribution is -0.140. The van der Waals surface area contributed by atoms with Crippen LogP contribution in [0.5, 0.6) is 0 Å². The number of alkyl carbamates (subject to hydrolysis) is 1. The summed E-state index contributed by atoms with van der Waals surface area (Å²) in [6.45, 7) is 0.817. The maximum Gasteiger partial charge on any atom is 0.407 e. The third-order valence-electron chi connectivity index (χ3n) is 7.87. The lowest BCUT2D eigenvalue weighted by Gasteiger charge is -2.35. The number of hydrogen-bond donors (Lipinski definition) is 2. The predicted octanol–water partition coefficient (Wildman–Crippen LogP) is 4.55. The zero-order valence-corrected chi connectivity index (χ0v) is 19.8. The molecule has 7 nitrogen and oxygen atoms in total. The number of nitrogens with one attached hydrogen (secondary N) is 1. The highest BCUT2D eigenvalue weighted by Gasteiger charge is 2.36. The molecule has 1 aliphatic heterocycles. The SMILES string of the molecule is O=C(O)CC1CCCN1C(=O)CC(NC(=O)OCC1c2ccccc2-c2ccccc21)C1CCC1. The van der Waals surface area contributed by atoms with Crippen LogP contribution in [0.2, 0.25) is 0 Å². The second-order valence-corrected chi connectivity index (χ2v) is 9.95. The Labute approximate surface area is 205 Å². The molecule has 5 rings (SSSR count). The van der Waals surface area contributed by atoms with E-state index >= 15 is 0 Å². The Hall–Kier alpha value is -3.35. The minimum absolute atomic E-state index is 0.0155. The Kier molecular flexibility index (Phi) is 6.75. The minimum Gasteiger partial charge on any atom is -0.481 e. The van der Waals surface area contributed by atoms with Crippen molar-refractivity contribution in [2.24, 2.45) is 5.92 Å². The van der Waals surface area contributed by atoms with Gasteiger partial charge in [-0.05, 0) is 53.9 Å². The molecule has 2 fully saturated rings. The van der Waals surface area contributed by atoms with Gasteiger partial charge in [-0.2, -0.15) is 0 Å². The second kappa shape index (κ2) is 10.1. The molecule has 184 valence electrons. The first-order chi connectivity index (χ1) is 17.0. The number of nitrogens with zero attached hydrogens (tertiary/aromatic N) is 1. The fourth-order valence-corrected chi connectivity index (χ4v) is 5.85. The Bertz CT molecular complexity index is 1070. The fraction of sp³-hybridized carbons (Fsp3) is 0.464. The van der Waals surface area contributed by atoms with Gasteiger partial charge >= 0.3 is 12.1 Å². The number of rotatable bonds is 8. The summed E-state index contributed by atoms with van der Waals surface area (Å²) >= 11 is 0. The van der Waals surface area contributed by atoms with Gasteiger partial charge in [0.15, 0.2) is 0 Å². The van der Waals surface area contributed by atoms with Crippen molar-refractivity contribution in [2.45, 2.75) is 62.9 Å². The highest BCUT2D eigenvalue weighted by molar-refractivity contribution is 5.80. The molecule has 2 aliphatic carbocycles. The summed E-state index contributed by atoms with van der Waals surface area (Å²) in [6, 6.07) is 15.9. The quantitative estimate of drug-likeness (QED) is 0.583. The van der Waals surface area contributed by atoms with E-state index in [2.05, 4.69) is 29.6 Å². The Morgan fingerprint density at radius 3 is 2.23 bits per heavy atom. The first kappa shape index (κ1) is 23.4. The molecular weight excluding hydrogens is 444 g/mol. The van der Waals surface area contributed by atoms with Crippen molar-refractivity contribution in [1.29, 1.82) is 0 Å². The van der Waals surface area contributed by atoms with Crippen LogP contribution in [0.1, 0.15) is 62.0 Å². The Balaban J connectivity index is 1.22. The first-order valence-electron chi connectivity index (χ1n) is 12.6. The van der Waals surface area contributed by atoms with Crippen molar-refractivity contribution >= 4 is 18.0 Å². The van der Waals surface area contributed by atoms with E-state index in [4.69, 9.17) is 9.84 Å². The summed E-state index contributed by atoms with van der Waals surface area (Å²) in [4.78, 5) is 38.8. The van der Waals surface area contributed by atoms with E-state index in [0.717, 1.165) is 36.8 Å². The highest BCUT2D eigenvalue weighted by atomic mass is 16.5. The van der Waals surface area contributed by atoms with Gasteiger partial charge in [-0.3, -0.25) is 9.59 Å². The van der Waals surface area contributed by atoms with Crippen LogP contribution in [0.3, 0.4) is 0 Å². The van der Waals surface area contributed by atoms with Crippen molar-refractivity contribution in [2.75, 3.05) is 13.2 Å². The number of aliphatic carboxylic acids is 1. The van der Waals surface area contributed by atoms with E-state index in [1.54, 1.807) is 4.90 Å². The normalized spacial score (nSPS) is 20.0. The molecule has 2 unspecified atom stereocenters. The Morgan fingerprint density at radius 1 is 0.971 bits per heavy atom. The molecule has 1 saturated heterocycles. The number of likely N-dealkylation sites (tertiary alicyclic amines) is 1. The van der Waals surface area contributed by atoms with Crippen LogP contribution >= 0.6 is 0 Å². The van der Waals surface area contributed by atoms with E-state index in [1.807, 2.05) is 24.3 Å². The average Bonchev–Trinajstić information content (AvgIpc) is 3.38. The first-order valence-corrected chi connectivity index (χ1v) is 12.6. The molecule has 2 N–H and O–H groups in total. The molecule has 35 heavy (non-hydrogen) atoms. The number of carbonyl (C=O) groups excluding carboxylic acids is 2. The molecule has 1 heterocycles. The molecule has 1 saturated carbocycles. The van der Waals surface area contributed by atoms with Gasteiger partial charge in [-0.15, -0.1) is 0 Å². The van der Waals surface area contributed by atoms with Crippen LogP contribution in [0.15, 0.2) is 48.5 Å². The summed E-state index contributed by atoms with van der Waals surface area (Å²) in [5.74, 6) is -0.732. The topological polar surface area (TPSA) is 95.9 Å². The van der Waals surface area contributed by atoms with Crippen molar-refractivity contribution in [3.63, 3.8) is 0 Å². The molecule has 2 atom stereocenters. The lowest BCUT2D eigenvalue weighted by Crippen LogP contribution is -2.47. The van der Waals surface area contributed by atoms with Gasteiger partial charge in [-0.25, -0.2) is 4.79 Å². The molecule has 0 spiro atoms. The van der Waals surface area contributed by atoms with Gasteiger partial charge in [0.2, 0.25) is 5.91 Å². The van der Waals surface area contributed by atoms with Crippen molar-refractivity contribution in [1.82, 2.24) is 10.2 Å². The van der Waals surface area contributed by atoms with E-state index < -0.39 is 12.1 Å². The number of amides is 2. The standard InChI is InChI=1S/C28H32N2O5/c31-26(30-14-6-9-19(30)15-27(32)33)16-25(18-7-5-8-18)29-28(34)35-17-24-22-12-3-1-10-20(22)21-11-2-4-13-23(21)24/h1-4,10-13,18-19,24-25H,5-9,14-17H2,(H,29,34)(H,32,33). The van der Waals surface area contributed by atoms with Gasteiger partial charge < -0.3 is 20.1 Å². The predicted molar refractivity (Wildman–Crippen MR) is 131 cm³/mol. The van der Waals surface area contributed by atoms with Crippen LogP contribution in [0, 0.1) is 5.92 Å². The number of benzene rings is 2. The summed E-state index contributed by atoms with van der Waals surface area (Å²) in [5, 5.41) is 12.1. The number of carboxylic acids is 1. The number of fused-ring (bicyclic) bond motifs is 3. The monoisotopic (exact) mass is 476 g/mol. The second-order valence-electron chi connectivity index (χ2n) is 9.95. The molecular formula is C28H32N2O5. The van der Waals surface area contributed by atoms with Crippen LogP contribution in [0.4, 0.5) is 4.79 Å². The van der Waals surface area contributed by atoms with Crippen molar-refractivity contribution in [3.05, 3.63) is 59.7 Å². The van der Waals surface area contributed by atoms with Crippen molar-refractivity contribution in [3.8, 4) is 11.1 Å². The Morgan fingerprint density at radius 2 is 1.63 bits per heavy atom. The van der Waals surface area contributed by atoms with Crippen molar-refractivity contribution < 1.29 is 24.2 Å². The van der Waals surface area contributed by atoms with Crippen LogP contribution in [0.25, 0.3) is 11.1 Å². The third kappa shape index (κ3) is 4.90. The maximum atomic E-state index is 13.1. The number of carbonyl (C=O) groups is 3. The molecule has 0 radical (unpaired) electrons. The zero-order valence-electron chi connectivity index (χ0n) is 19.8. The average molecular weight is 477 g/mol. The van der Waals surface area contributed by atoms with Gasteiger partial charge in [-0.1, -0.05) is 55.0 Å². The zero-order chi connectivity index (χ0) is 24.4. The van der Waals surface area contributed by atoms with Gasteiger partial charge in [0.1, 0.15) is 6.61 Å². The van der Waals surface area contributed by atoms with Gasteiger partial charge in [0.25, 0.3) is 0 Å². The summed E-state index contributed by atoms with van der Waals surface area (Å²) in [6.07, 6.45) is 4.22. The van der Waals surface area contributed by atoms with Gasteiger partial charge in [0, 0.05) is 31.0 Å². The minimum atomic E-state index is -0.887. The summed E-state index contributed by atoms with van der Waals surface area (Å²) < 4.78 is 5.72. The molecule has 7 heteroatoms. The van der Waals surface area contributed by atoms with Crippen LogP contribution in [-0.4, -0.2) is 53.2 Å². The molecule has 2 aromatic carbocycles. The molecule has 2 amide bonds. The smallest absolute Gasteiger partial charge is 0.407 e. The third-order valence-corrected chi connectivity index (χ3v) is 7.87. The molecule has 2 aromatic rings. The maximum absolute atomic E-state index is 13.1. The molecule has 0 bridgehead atoms. The summed E-state index contributed by atoms with van der Waals surface area (Å²) in [5.41, 5.74) is 4.67. The van der Waals surface area contributed by atoms with E-state index in [0.29, 0.717) is 13.0 Å². The van der Waals surface area contributed by atoms with E-state index in [1.165, 1.54) is 11.1 Å². The fourth-order valence-electron chi connectivity index (χ4n) is 5.85. The molecule has 0 aromatic heterocycles. The lowest BCUT2D eigenvalue weighted by atomic mass is 9.78. The van der Waals surface area contributed by atoms with Crippen LogP contribution < -0.4 is 5.32 Å². The molecule has 3 aliphatic rings. The number of ether oxygens (including phenoxy) is 1. The van der Waals surface area contributed by atoms with E-state index in [9.17, 15) is 14.4 Å². The largest absolute Gasteiger partial charge is 0.481 e. The number of hydrogen-bond acceptors (Lipinski definition) is 4. The number of carboxylic acid groups (broad SMARTS) is 1. The van der Waals surface area contributed by atoms with Gasteiger partial charge in [0.05, 0.1) is 6.42 Å².